The second-order valence-electron chi connectivity index (χ2n) is 7.75. The van der Waals surface area contributed by atoms with Gasteiger partial charge in [0.1, 0.15) is 24.0 Å². The zero-order valence-corrected chi connectivity index (χ0v) is 17.5. The van der Waals surface area contributed by atoms with Crippen molar-refractivity contribution in [3.8, 4) is 5.75 Å². The summed E-state index contributed by atoms with van der Waals surface area (Å²) in [6, 6.07) is 5.74. The topological polar surface area (TPSA) is 89.5 Å². The first kappa shape index (κ1) is 21.4. The maximum Gasteiger partial charge on any atom is 0.419 e. The van der Waals surface area contributed by atoms with Crippen LogP contribution in [0.3, 0.4) is 0 Å². The number of alkyl halides is 3. The van der Waals surface area contributed by atoms with Crippen LogP contribution in [0, 0.1) is 0 Å². The highest BCUT2D eigenvalue weighted by atomic mass is 19.4. The molecule has 0 unspecified atom stereocenters. The summed E-state index contributed by atoms with van der Waals surface area (Å²) < 4.78 is 51.4. The minimum Gasteiger partial charge on any atom is -0.493 e. The fourth-order valence-corrected chi connectivity index (χ4v) is 3.93. The zero-order valence-electron chi connectivity index (χ0n) is 17.5. The lowest BCUT2D eigenvalue weighted by molar-refractivity contribution is -0.139. The number of benzene rings is 1. The Morgan fingerprint density at radius 3 is 2.85 bits per heavy atom. The number of fused-ring (bicyclic) bond motifs is 5. The first-order valence-electron chi connectivity index (χ1n) is 10.5. The van der Waals surface area contributed by atoms with Crippen molar-refractivity contribution in [1.29, 1.82) is 0 Å². The Hall–Kier alpha value is -3.47. The van der Waals surface area contributed by atoms with E-state index in [1.807, 2.05) is 0 Å². The molecule has 0 atom stereocenters. The molecule has 33 heavy (non-hydrogen) atoms. The molecule has 3 aromatic rings. The molecule has 1 N–H and O–H groups in total. The number of hydrogen-bond acceptors (Lipinski definition) is 7. The van der Waals surface area contributed by atoms with E-state index in [0.717, 1.165) is 6.07 Å². The summed E-state index contributed by atoms with van der Waals surface area (Å²) >= 11 is 0. The first-order valence-corrected chi connectivity index (χ1v) is 10.5. The normalized spacial score (nSPS) is 17.1. The third-order valence-electron chi connectivity index (χ3n) is 5.52. The lowest BCUT2D eigenvalue weighted by Crippen LogP contribution is -2.41. The summed E-state index contributed by atoms with van der Waals surface area (Å²) in [7, 11) is 0. The smallest absolute Gasteiger partial charge is 0.419 e. The number of anilines is 2. The van der Waals surface area contributed by atoms with Gasteiger partial charge in [-0.05, 0) is 18.6 Å². The number of halogens is 3. The maximum atomic E-state index is 13.5. The summed E-state index contributed by atoms with van der Waals surface area (Å²) in [5.74, 6) is 0.599. The molecular formula is C22H20F3N5O3. The minimum absolute atomic E-state index is 0.00307. The van der Waals surface area contributed by atoms with Crippen LogP contribution in [-0.4, -0.2) is 47.2 Å². The van der Waals surface area contributed by atoms with Crippen LogP contribution >= 0.6 is 0 Å². The van der Waals surface area contributed by atoms with Gasteiger partial charge in [-0.25, -0.2) is 15.0 Å². The molecule has 8 nitrogen and oxygen atoms in total. The van der Waals surface area contributed by atoms with Crippen molar-refractivity contribution in [2.75, 3.05) is 36.6 Å². The summed E-state index contributed by atoms with van der Waals surface area (Å²) in [5.41, 5.74) is 0.588. The number of pyridine rings is 1. The molecule has 2 aliphatic heterocycles. The van der Waals surface area contributed by atoms with Crippen LogP contribution in [0.4, 0.5) is 24.7 Å². The van der Waals surface area contributed by atoms with Gasteiger partial charge in [-0.2, -0.15) is 13.2 Å². The van der Waals surface area contributed by atoms with E-state index in [9.17, 15) is 18.0 Å². The quantitative estimate of drug-likeness (QED) is 0.597. The molecule has 1 saturated heterocycles. The lowest BCUT2D eigenvalue weighted by Gasteiger charge is -2.26. The van der Waals surface area contributed by atoms with Gasteiger partial charge in [0.15, 0.2) is 5.65 Å². The molecular weight excluding hydrogens is 439 g/mol. The average Bonchev–Trinajstić information content (AvgIpc) is 2.82. The molecule has 1 fully saturated rings. The molecule has 0 spiro atoms. The van der Waals surface area contributed by atoms with Crippen LogP contribution in [0.2, 0.25) is 0 Å². The third-order valence-corrected chi connectivity index (χ3v) is 5.52. The van der Waals surface area contributed by atoms with E-state index in [4.69, 9.17) is 9.47 Å². The average molecular weight is 459 g/mol. The van der Waals surface area contributed by atoms with Gasteiger partial charge in [-0.15, -0.1) is 0 Å². The lowest BCUT2D eigenvalue weighted by atomic mass is 10.1. The Kier molecular flexibility index (Phi) is 5.49. The minimum atomic E-state index is -4.53. The van der Waals surface area contributed by atoms with Crippen molar-refractivity contribution in [3.63, 3.8) is 0 Å². The van der Waals surface area contributed by atoms with Gasteiger partial charge in [0.2, 0.25) is 0 Å². The summed E-state index contributed by atoms with van der Waals surface area (Å²) in [6.07, 6.45) is -2.09. The van der Waals surface area contributed by atoms with E-state index in [1.54, 1.807) is 23.2 Å². The molecule has 2 bridgehead atoms. The zero-order chi connectivity index (χ0) is 23.0. The fraction of sp³-hybridized carbons (Fsp3) is 0.364. The van der Waals surface area contributed by atoms with Crippen molar-refractivity contribution in [3.05, 3.63) is 47.4 Å². The predicted molar refractivity (Wildman–Crippen MR) is 113 cm³/mol. The Morgan fingerprint density at radius 1 is 1.15 bits per heavy atom. The van der Waals surface area contributed by atoms with E-state index in [0.29, 0.717) is 59.9 Å². The highest BCUT2D eigenvalue weighted by Gasteiger charge is 2.35. The molecule has 2 aliphatic rings. The SMILES string of the molecule is O=C1COCCN1c1cnc2nc3nc(c2c1)NCc1cccc(C(F)(F)F)c1OCCC3. The number of hydrogen-bond donors (Lipinski definition) is 1. The van der Waals surface area contributed by atoms with Crippen LogP contribution in [0.5, 0.6) is 5.75 Å². The van der Waals surface area contributed by atoms with E-state index in [2.05, 4.69) is 20.3 Å². The van der Waals surface area contributed by atoms with Crippen molar-refractivity contribution in [2.24, 2.45) is 0 Å². The van der Waals surface area contributed by atoms with Crippen LogP contribution in [0.25, 0.3) is 11.0 Å². The van der Waals surface area contributed by atoms with Gasteiger partial charge in [0.25, 0.3) is 5.91 Å². The summed E-state index contributed by atoms with van der Waals surface area (Å²) in [5, 5.41) is 3.71. The fourth-order valence-electron chi connectivity index (χ4n) is 3.93. The van der Waals surface area contributed by atoms with Crippen LogP contribution < -0.4 is 15.0 Å². The number of carbonyl (C=O) groups is 1. The highest BCUT2D eigenvalue weighted by Crippen LogP contribution is 2.39. The molecule has 1 aromatic carbocycles. The molecule has 1 amide bonds. The van der Waals surface area contributed by atoms with E-state index >= 15 is 0 Å². The number of rotatable bonds is 1. The van der Waals surface area contributed by atoms with Crippen molar-refractivity contribution in [1.82, 2.24) is 15.0 Å². The molecule has 0 radical (unpaired) electrons. The monoisotopic (exact) mass is 459 g/mol. The van der Waals surface area contributed by atoms with Crippen LogP contribution in [0.15, 0.2) is 30.5 Å². The number of carbonyl (C=O) groups excluding carboxylic acids is 1. The highest BCUT2D eigenvalue weighted by molar-refractivity contribution is 5.97. The van der Waals surface area contributed by atoms with Gasteiger partial charge >= 0.3 is 6.18 Å². The number of nitrogens with zero attached hydrogens (tertiary/aromatic N) is 4. The Balaban J connectivity index is 1.55. The second kappa shape index (κ2) is 8.47. The molecule has 11 heteroatoms. The van der Waals surface area contributed by atoms with Gasteiger partial charge in [0.05, 0.1) is 36.0 Å². The van der Waals surface area contributed by atoms with Crippen molar-refractivity contribution >= 4 is 28.4 Å². The van der Waals surface area contributed by atoms with E-state index < -0.39 is 11.7 Å². The predicted octanol–water partition coefficient (Wildman–Crippen LogP) is 3.34. The van der Waals surface area contributed by atoms with E-state index in [-0.39, 0.29) is 31.4 Å². The Morgan fingerprint density at radius 2 is 2.03 bits per heavy atom. The van der Waals surface area contributed by atoms with Crippen molar-refractivity contribution in [2.45, 2.75) is 25.6 Å². The first-order chi connectivity index (χ1) is 15.9. The number of ether oxygens (including phenoxy) is 2. The molecule has 4 heterocycles. The van der Waals surface area contributed by atoms with Crippen LogP contribution in [-0.2, 0) is 28.7 Å². The summed E-state index contributed by atoms with van der Waals surface area (Å²) in [6.45, 7) is 0.978. The molecule has 0 aliphatic carbocycles. The number of para-hydroxylation sites is 1. The summed E-state index contributed by atoms with van der Waals surface area (Å²) in [4.78, 5) is 27.3. The van der Waals surface area contributed by atoms with Crippen LogP contribution in [0.1, 0.15) is 23.4 Å². The molecule has 2 aromatic heterocycles. The number of morpholine rings is 1. The molecule has 172 valence electrons. The van der Waals surface area contributed by atoms with Gasteiger partial charge in [-0.3, -0.25) is 4.79 Å². The molecule has 0 saturated carbocycles. The Labute approximate surface area is 186 Å². The van der Waals surface area contributed by atoms with Crippen molar-refractivity contribution < 1.29 is 27.4 Å². The number of nitrogens with one attached hydrogen (secondary N) is 1. The van der Waals surface area contributed by atoms with Gasteiger partial charge < -0.3 is 19.7 Å². The second-order valence-corrected chi connectivity index (χ2v) is 7.75. The standard InChI is InChI=1S/C22H20F3N5O3/c23-22(24,25)16-4-1-3-13-10-26-20-15-9-14(30-6-8-32-12-18(30)31)11-27-21(15)29-17(28-20)5-2-7-33-19(13)16/h1,3-4,9,11H,2,5-8,10,12H2,(H,26,27,28,29). The number of amides is 1. The molecule has 5 rings (SSSR count). The van der Waals surface area contributed by atoms with Gasteiger partial charge in [-0.1, -0.05) is 12.1 Å². The number of aryl methyl sites for hydroxylation is 1. The number of aromatic nitrogens is 3. The van der Waals surface area contributed by atoms with E-state index in [1.165, 1.54) is 6.07 Å². The largest absolute Gasteiger partial charge is 0.493 e. The third kappa shape index (κ3) is 4.28. The Bertz CT molecular complexity index is 1220. The van der Waals surface area contributed by atoms with Gasteiger partial charge in [0, 0.05) is 25.1 Å². The maximum absolute atomic E-state index is 13.5.